The van der Waals surface area contributed by atoms with Crippen LogP contribution in [0.1, 0.15) is 37.8 Å². The highest BCUT2D eigenvalue weighted by molar-refractivity contribution is 7.89. The number of rotatable bonds is 6. The van der Waals surface area contributed by atoms with Crippen LogP contribution in [0, 0.1) is 11.3 Å². The Balaban J connectivity index is 1.80. The van der Waals surface area contributed by atoms with E-state index in [9.17, 15) is 26.9 Å². The van der Waals surface area contributed by atoms with Crippen molar-refractivity contribution >= 4 is 21.1 Å². The van der Waals surface area contributed by atoms with Crippen molar-refractivity contribution in [1.82, 2.24) is 24.2 Å². The van der Waals surface area contributed by atoms with Gasteiger partial charge in [-0.2, -0.15) is 28.1 Å². The second-order valence-corrected chi connectivity index (χ2v) is 9.36. The van der Waals surface area contributed by atoms with Crippen molar-refractivity contribution in [2.45, 2.75) is 49.3 Å². The van der Waals surface area contributed by atoms with Crippen LogP contribution in [-0.4, -0.2) is 47.3 Å². The molecule has 1 saturated carbocycles. The minimum atomic E-state index is -4.73. The third-order valence-electron chi connectivity index (χ3n) is 5.57. The molecule has 3 aromatic rings. The fraction of sp³-hybridized carbons (Fsp3) is 0.400. The second kappa shape index (κ2) is 8.27. The van der Waals surface area contributed by atoms with E-state index in [4.69, 9.17) is 4.74 Å². The fourth-order valence-electron chi connectivity index (χ4n) is 3.58. The number of nitrogens with one attached hydrogen (secondary N) is 1. The molecular weight excluding hydrogens is 461 g/mol. The highest BCUT2D eigenvalue weighted by atomic mass is 32.2. The maximum atomic E-state index is 12.8. The summed E-state index contributed by atoms with van der Waals surface area (Å²) in [5, 5.41) is 10.4. The molecule has 3 aromatic heterocycles. The molecule has 0 bridgehead atoms. The number of methoxy groups -OCH3 is 1. The molecule has 0 aliphatic heterocycles. The van der Waals surface area contributed by atoms with Crippen LogP contribution in [0.2, 0.25) is 0 Å². The molecule has 3 heterocycles. The monoisotopic (exact) mass is 480 g/mol. The van der Waals surface area contributed by atoms with E-state index in [1.807, 2.05) is 4.57 Å². The maximum absolute atomic E-state index is 12.8. The summed E-state index contributed by atoms with van der Waals surface area (Å²) in [7, 11) is -3.03. The van der Waals surface area contributed by atoms with Crippen LogP contribution >= 0.6 is 0 Å². The molecule has 13 heteroatoms. The zero-order valence-corrected chi connectivity index (χ0v) is 18.4. The number of nitriles is 1. The highest BCUT2D eigenvalue weighted by Crippen LogP contribution is 2.41. The van der Waals surface area contributed by atoms with Gasteiger partial charge in [0, 0.05) is 18.4 Å². The van der Waals surface area contributed by atoms with Gasteiger partial charge < -0.3 is 9.30 Å². The quantitative estimate of drug-likeness (QED) is 0.574. The van der Waals surface area contributed by atoms with Gasteiger partial charge in [-0.25, -0.2) is 13.4 Å². The predicted octanol–water partition coefficient (Wildman–Crippen LogP) is 3.33. The van der Waals surface area contributed by atoms with E-state index in [1.165, 1.54) is 19.4 Å². The molecule has 9 nitrogen and oxygen atoms in total. The van der Waals surface area contributed by atoms with Crippen molar-refractivity contribution in [2.24, 2.45) is 0 Å². The Morgan fingerprint density at radius 1 is 1.27 bits per heavy atom. The first kappa shape index (κ1) is 22.9. The van der Waals surface area contributed by atoms with E-state index in [0.29, 0.717) is 29.3 Å². The van der Waals surface area contributed by atoms with Gasteiger partial charge in [-0.15, -0.1) is 0 Å². The average molecular weight is 480 g/mol. The minimum Gasteiger partial charge on any atom is -0.467 e. The standard InChI is InChI=1S/C20H19F3N6O3S/c1-11(20(21,22)23)28-33(30,31)13-6-7-16(25-9-13)17-14(8-24)15-10-26-19(32-2)27-18(15)29(17)12-4-3-5-12/h6-7,9-12,28H,3-5H2,1-2H3/t11-/m0/s1. The summed E-state index contributed by atoms with van der Waals surface area (Å²) in [6, 6.07) is 2.60. The largest absolute Gasteiger partial charge is 0.467 e. The van der Waals surface area contributed by atoms with Crippen molar-refractivity contribution in [3.05, 3.63) is 30.1 Å². The van der Waals surface area contributed by atoms with E-state index < -0.39 is 27.1 Å². The number of pyridine rings is 1. The Bertz CT molecular complexity index is 1340. The number of nitrogens with zero attached hydrogens (tertiary/aromatic N) is 5. The van der Waals surface area contributed by atoms with Gasteiger partial charge in [0.05, 0.1) is 29.4 Å². The Morgan fingerprint density at radius 3 is 2.52 bits per heavy atom. The minimum absolute atomic E-state index is 0.0590. The first-order valence-corrected chi connectivity index (χ1v) is 11.5. The molecule has 0 radical (unpaired) electrons. The molecule has 0 amide bonds. The van der Waals surface area contributed by atoms with Crippen LogP contribution < -0.4 is 9.46 Å². The summed E-state index contributed by atoms with van der Waals surface area (Å²) >= 11 is 0. The van der Waals surface area contributed by atoms with Crippen molar-refractivity contribution in [3.8, 4) is 23.5 Å². The zero-order valence-electron chi connectivity index (χ0n) is 17.6. The van der Waals surface area contributed by atoms with E-state index >= 15 is 0 Å². The van der Waals surface area contributed by atoms with Gasteiger partial charge in [-0.3, -0.25) is 4.98 Å². The highest BCUT2D eigenvalue weighted by Gasteiger charge is 2.39. The maximum Gasteiger partial charge on any atom is 0.404 e. The van der Waals surface area contributed by atoms with Crippen LogP contribution in [0.3, 0.4) is 0 Å². The molecular formula is C20H19F3N6O3S. The Labute approximate surface area is 187 Å². The molecule has 0 aromatic carbocycles. The first-order valence-electron chi connectivity index (χ1n) is 9.97. The topological polar surface area (TPSA) is 123 Å². The molecule has 1 N–H and O–H groups in total. The Hall–Kier alpha value is -3.24. The number of halogens is 3. The van der Waals surface area contributed by atoms with Crippen molar-refractivity contribution in [3.63, 3.8) is 0 Å². The van der Waals surface area contributed by atoms with Crippen molar-refractivity contribution in [1.29, 1.82) is 5.26 Å². The van der Waals surface area contributed by atoms with Crippen molar-refractivity contribution < 1.29 is 26.3 Å². The number of fused-ring (bicyclic) bond motifs is 1. The predicted molar refractivity (Wildman–Crippen MR) is 111 cm³/mol. The lowest BCUT2D eigenvalue weighted by atomic mass is 9.92. The fourth-order valence-corrected chi connectivity index (χ4v) is 4.76. The number of sulfonamides is 1. The molecule has 1 aliphatic carbocycles. The molecule has 1 fully saturated rings. The van der Waals surface area contributed by atoms with E-state index in [2.05, 4.69) is 21.0 Å². The van der Waals surface area contributed by atoms with Gasteiger partial charge in [0.2, 0.25) is 10.0 Å². The third-order valence-corrected chi connectivity index (χ3v) is 7.09. The van der Waals surface area contributed by atoms with E-state index in [0.717, 1.165) is 31.5 Å². The smallest absolute Gasteiger partial charge is 0.404 e. The molecule has 0 saturated heterocycles. The van der Waals surface area contributed by atoms with E-state index in [-0.39, 0.29) is 17.6 Å². The molecule has 1 atom stereocenters. The van der Waals surface area contributed by atoms with Crippen LogP contribution in [0.4, 0.5) is 13.2 Å². The number of aromatic nitrogens is 4. The third kappa shape index (κ3) is 4.11. The van der Waals surface area contributed by atoms with E-state index in [1.54, 1.807) is 4.72 Å². The van der Waals surface area contributed by atoms with Crippen LogP contribution in [0.15, 0.2) is 29.4 Å². The van der Waals surface area contributed by atoms with Crippen LogP contribution in [0.25, 0.3) is 22.4 Å². The van der Waals surface area contributed by atoms with Gasteiger partial charge in [0.25, 0.3) is 0 Å². The summed E-state index contributed by atoms with van der Waals surface area (Å²) in [4.78, 5) is 12.2. The number of alkyl halides is 3. The Morgan fingerprint density at radius 2 is 2.00 bits per heavy atom. The molecule has 0 unspecified atom stereocenters. The van der Waals surface area contributed by atoms with Gasteiger partial charge in [-0.1, -0.05) is 0 Å². The van der Waals surface area contributed by atoms with Gasteiger partial charge in [0.15, 0.2) is 0 Å². The summed E-state index contributed by atoms with van der Waals surface area (Å²) in [6.45, 7) is 0.713. The SMILES string of the molecule is COc1ncc2c(C#N)c(-c3ccc(S(=O)(=O)N[C@@H](C)C(F)(F)F)cn3)n(C3CCC3)c2n1. The van der Waals surface area contributed by atoms with Gasteiger partial charge >= 0.3 is 12.2 Å². The van der Waals surface area contributed by atoms with Gasteiger partial charge in [0.1, 0.15) is 22.7 Å². The normalized spacial score (nSPS) is 15.8. The van der Waals surface area contributed by atoms with Crippen LogP contribution in [0.5, 0.6) is 6.01 Å². The molecule has 4 rings (SSSR count). The average Bonchev–Trinajstić information content (AvgIpc) is 3.04. The lowest BCUT2D eigenvalue weighted by Crippen LogP contribution is -2.42. The number of ether oxygens (including phenoxy) is 1. The summed E-state index contributed by atoms with van der Waals surface area (Å²) in [5.41, 5.74) is 1.50. The lowest BCUT2D eigenvalue weighted by Gasteiger charge is -2.29. The zero-order chi connectivity index (χ0) is 24.0. The van der Waals surface area contributed by atoms with Crippen LogP contribution in [-0.2, 0) is 10.0 Å². The molecule has 1 aliphatic rings. The molecule has 174 valence electrons. The molecule has 33 heavy (non-hydrogen) atoms. The lowest BCUT2D eigenvalue weighted by molar-refractivity contribution is -0.147. The van der Waals surface area contributed by atoms with Gasteiger partial charge in [-0.05, 0) is 38.3 Å². The molecule has 0 spiro atoms. The Kier molecular flexibility index (Phi) is 5.75. The number of hydrogen-bond donors (Lipinski definition) is 1. The van der Waals surface area contributed by atoms with Crippen molar-refractivity contribution in [2.75, 3.05) is 7.11 Å². The summed E-state index contributed by atoms with van der Waals surface area (Å²) in [6.07, 6.45) is 0.450. The second-order valence-electron chi connectivity index (χ2n) is 7.65. The summed E-state index contributed by atoms with van der Waals surface area (Å²) < 4.78 is 71.7. The number of hydrogen-bond acceptors (Lipinski definition) is 7. The first-order chi connectivity index (χ1) is 15.6. The summed E-state index contributed by atoms with van der Waals surface area (Å²) in [5.74, 6) is 0.